The van der Waals surface area contributed by atoms with E-state index in [1.165, 1.54) is 16.7 Å². The highest BCUT2D eigenvalue weighted by Gasteiger charge is 2.64. The molecule has 182 valence electrons. The summed E-state index contributed by atoms with van der Waals surface area (Å²) in [7, 11) is 1.68. The van der Waals surface area contributed by atoms with Crippen LogP contribution in [0, 0.1) is 29.6 Å². The first kappa shape index (κ1) is 22.6. The molecule has 6 rings (SSSR count). The van der Waals surface area contributed by atoms with Crippen molar-refractivity contribution in [3.63, 3.8) is 0 Å². The highest BCUT2D eigenvalue weighted by atomic mass is 16.7. The molecule has 5 nitrogen and oxygen atoms in total. The van der Waals surface area contributed by atoms with E-state index >= 15 is 0 Å². The number of allylic oxidation sites excluding steroid dienone is 1. The summed E-state index contributed by atoms with van der Waals surface area (Å²) in [6, 6.07) is 8.31. The molecular weight excluding hydrogens is 428 g/mol. The molecule has 1 aromatic rings. The zero-order chi connectivity index (χ0) is 23.8. The fraction of sp³-hybridized carbons (Fsp3) is 0.655. The molecule has 5 heteroatoms. The molecule has 1 saturated heterocycles. The number of methoxy groups -OCH3 is 1. The third kappa shape index (κ3) is 3.02. The highest BCUT2D eigenvalue weighted by Crippen LogP contribution is 2.67. The largest absolute Gasteiger partial charge is 0.497 e. The molecule has 5 aliphatic rings. The van der Waals surface area contributed by atoms with E-state index in [1.807, 2.05) is 12.1 Å². The number of fused-ring (bicyclic) bond motifs is 4. The lowest BCUT2D eigenvalue weighted by Crippen LogP contribution is -2.55. The summed E-state index contributed by atoms with van der Waals surface area (Å²) < 4.78 is 17.5. The average molecular weight is 465 g/mol. The summed E-state index contributed by atoms with van der Waals surface area (Å²) in [5.74, 6) is 3.74. The van der Waals surface area contributed by atoms with E-state index < -0.39 is 17.0 Å². The van der Waals surface area contributed by atoms with Gasteiger partial charge in [-0.25, -0.2) is 0 Å². The van der Waals surface area contributed by atoms with E-state index in [2.05, 4.69) is 25.0 Å². The third-order valence-corrected chi connectivity index (χ3v) is 10.1. The summed E-state index contributed by atoms with van der Waals surface area (Å²) in [5.41, 5.74) is 1.46. The number of hydrogen-bond acceptors (Lipinski definition) is 5. The summed E-state index contributed by atoms with van der Waals surface area (Å²) in [5, 5.41) is 23.6. The molecule has 0 unspecified atom stereocenters. The molecule has 3 saturated carbocycles. The Morgan fingerprint density at radius 2 is 1.79 bits per heavy atom. The van der Waals surface area contributed by atoms with Gasteiger partial charge in [-0.05, 0) is 73.6 Å². The number of terminal acetylenes is 1. The van der Waals surface area contributed by atoms with Gasteiger partial charge in [-0.2, -0.15) is 0 Å². The summed E-state index contributed by atoms with van der Waals surface area (Å²) in [6.07, 6.45) is 12.0. The van der Waals surface area contributed by atoms with Crippen molar-refractivity contribution in [2.45, 2.75) is 81.2 Å². The van der Waals surface area contributed by atoms with Gasteiger partial charge < -0.3 is 24.4 Å². The molecule has 0 aromatic heterocycles. The van der Waals surface area contributed by atoms with Gasteiger partial charge in [-0.1, -0.05) is 30.6 Å². The van der Waals surface area contributed by atoms with Crippen LogP contribution in [0.2, 0.25) is 0 Å². The first-order chi connectivity index (χ1) is 16.3. The second kappa shape index (κ2) is 7.58. The Morgan fingerprint density at radius 3 is 2.47 bits per heavy atom. The molecular formula is C29H36O5. The van der Waals surface area contributed by atoms with Gasteiger partial charge in [0.2, 0.25) is 0 Å². The predicted molar refractivity (Wildman–Crippen MR) is 128 cm³/mol. The molecule has 1 heterocycles. The van der Waals surface area contributed by atoms with Crippen molar-refractivity contribution in [2.75, 3.05) is 20.3 Å². The standard InChI is InChI=1S/C29H36O5/c1-4-28(31)13-10-23-21-9-12-27(30)18-29(33-15-16-34-29)14-11-24(27)25(21)22(17-26(23,28)2)19-5-7-20(32-3)8-6-19/h1,5-8,21-23,30-31H,9-18H2,2-3H3/t21-,22+,23-,26-,27+,28-/m0/s1. The van der Waals surface area contributed by atoms with Crippen LogP contribution < -0.4 is 4.74 Å². The van der Waals surface area contributed by atoms with Crippen LogP contribution in [-0.4, -0.2) is 47.5 Å². The van der Waals surface area contributed by atoms with Crippen LogP contribution in [-0.2, 0) is 9.47 Å². The third-order valence-electron chi connectivity index (χ3n) is 10.1. The van der Waals surface area contributed by atoms with Crippen LogP contribution in [0.3, 0.4) is 0 Å². The zero-order valence-electron chi connectivity index (χ0n) is 20.3. The molecule has 6 atom stereocenters. The number of benzene rings is 1. The van der Waals surface area contributed by atoms with Gasteiger partial charge in [0.15, 0.2) is 5.79 Å². The Bertz CT molecular complexity index is 1050. The van der Waals surface area contributed by atoms with Gasteiger partial charge in [0.05, 0.1) is 25.9 Å². The monoisotopic (exact) mass is 464 g/mol. The summed E-state index contributed by atoms with van der Waals surface area (Å²) >= 11 is 0. The Kier molecular flexibility index (Phi) is 5.04. The number of rotatable bonds is 2. The van der Waals surface area contributed by atoms with Crippen molar-refractivity contribution in [2.24, 2.45) is 17.3 Å². The fourth-order valence-corrected chi connectivity index (χ4v) is 8.39. The highest BCUT2D eigenvalue weighted by molar-refractivity contribution is 5.45. The van der Waals surface area contributed by atoms with Crippen molar-refractivity contribution in [1.29, 1.82) is 0 Å². The number of hydrogen-bond donors (Lipinski definition) is 2. The molecule has 4 aliphatic carbocycles. The molecule has 0 bridgehead atoms. The second-order valence-corrected chi connectivity index (χ2v) is 11.5. The van der Waals surface area contributed by atoms with E-state index in [0.29, 0.717) is 44.3 Å². The predicted octanol–water partition coefficient (Wildman–Crippen LogP) is 4.33. The minimum absolute atomic E-state index is 0.108. The van der Waals surface area contributed by atoms with Crippen molar-refractivity contribution >= 4 is 0 Å². The fourth-order valence-electron chi connectivity index (χ4n) is 8.39. The minimum atomic E-state index is -1.09. The molecule has 0 radical (unpaired) electrons. The number of ether oxygens (including phenoxy) is 3. The Labute approximate surface area is 202 Å². The van der Waals surface area contributed by atoms with Gasteiger partial charge in [0, 0.05) is 24.2 Å². The summed E-state index contributed by atoms with van der Waals surface area (Å²) in [6.45, 7) is 3.41. The molecule has 1 spiro atoms. The van der Waals surface area contributed by atoms with Crippen LogP contribution in [0.4, 0.5) is 0 Å². The van der Waals surface area contributed by atoms with Crippen molar-refractivity contribution in [3.8, 4) is 18.1 Å². The van der Waals surface area contributed by atoms with Gasteiger partial charge in [-0.15, -0.1) is 6.42 Å². The van der Waals surface area contributed by atoms with Crippen molar-refractivity contribution in [1.82, 2.24) is 0 Å². The zero-order valence-corrected chi connectivity index (χ0v) is 20.3. The Morgan fingerprint density at radius 1 is 1.06 bits per heavy atom. The lowest BCUT2D eigenvalue weighted by Gasteiger charge is -2.57. The van der Waals surface area contributed by atoms with Crippen molar-refractivity contribution in [3.05, 3.63) is 41.0 Å². The summed E-state index contributed by atoms with van der Waals surface area (Å²) in [4.78, 5) is 0. The Balaban J connectivity index is 1.48. The first-order valence-electron chi connectivity index (χ1n) is 12.8. The molecule has 2 N–H and O–H groups in total. The lowest BCUT2D eigenvalue weighted by molar-refractivity contribution is -0.208. The molecule has 0 amide bonds. The Hall–Kier alpha value is -1.84. The maximum Gasteiger partial charge on any atom is 0.171 e. The maximum atomic E-state index is 12.0. The smallest absolute Gasteiger partial charge is 0.171 e. The molecule has 1 aromatic carbocycles. The van der Waals surface area contributed by atoms with Crippen LogP contribution in [0.15, 0.2) is 35.4 Å². The maximum absolute atomic E-state index is 12.0. The quantitative estimate of drug-likeness (QED) is 0.504. The SMILES string of the molecule is C#C[C@]1(O)CC[C@H]2[C@@H]3CC[C@@]4(O)CC5(CCC4=C3[C@@H](c3ccc(OC)cc3)C[C@@]21C)OCCO5. The lowest BCUT2D eigenvalue weighted by atomic mass is 9.49. The topological polar surface area (TPSA) is 68.2 Å². The number of aliphatic hydroxyl groups is 2. The average Bonchev–Trinajstić information content (AvgIpc) is 3.39. The second-order valence-electron chi connectivity index (χ2n) is 11.5. The minimum Gasteiger partial charge on any atom is -0.497 e. The molecule has 4 fully saturated rings. The van der Waals surface area contributed by atoms with Crippen LogP contribution in [0.25, 0.3) is 0 Å². The van der Waals surface area contributed by atoms with Gasteiger partial charge >= 0.3 is 0 Å². The van der Waals surface area contributed by atoms with Gasteiger partial charge in [0.1, 0.15) is 11.4 Å². The van der Waals surface area contributed by atoms with E-state index in [0.717, 1.165) is 37.9 Å². The van der Waals surface area contributed by atoms with Crippen molar-refractivity contribution < 1.29 is 24.4 Å². The molecule has 1 aliphatic heterocycles. The van der Waals surface area contributed by atoms with E-state index in [-0.39, 0.29) is 11.3 Å². The van der Waals surface area contributed by atoms with Crippen LogP contribution >= 0.6 is 0 Å². The molecule has 34 heavy (non-hydrogen) atoms. The van der Waals surface area contributed by atoms with Crippen LogP contribution in [0.5, 0.6) is 5.75 Å². The van der Waals surface area contributed by atoms with E-state index in [1.54, 1.807) is 7.11 Å². The first-order valence-corrected chi connectivity index (χ1v) is 12.8. The van der Waals surface area contributed by atoms with Gasteiger partial charge in [0.25, 0.3) is 0 Å². The van der Waals surface area contributed by atoms with Crippen LogP contribution in [0.1, 0.15) is 69.8 Å². The normalized spacial score (nSPS) is 42.6. The van der Waals surface area contributed by atoms with E-state index in [9.17, 15) is 10.2 Å². The van der Waals surface area contributed by atoms with Gasteiger partial charge in [-0.3, -0.25) is 0 Å². The van der Waals surface area contributed by atoms with E-state index in [4.69, 9.17) is 20.6 Å².